The van der Waals surface area contributed by atoms with Crippen LogP contribution in [0, 0.1) is 5.82 Å². The van der Waals surface area contributed by atoms with Crippen molar-refractivity contribution in [2.45, 2.75) is 39.3 Å². The summed E-state index contributed by atoms with van der Waals surface area (Å²) in [5, 5.41) is 0. The average molecular weight is 277 g/mol. The van der Waals surface area contributed by atoms with Gasteiger partial charge in [-0.3, -0.25) is 0 Å². The first-order valence-electron chi connectivity index (χ1n) is 6.64. The van der Waals surface area contributed by atoms with E-state index in [1.165, 1.54) is 19.2 Å². The maximum Gasteiger partial charge on any atom is 0.328 e. The Morgan fingerprint density at radius 1 is 1.40 bits per heavy atom. The first-order chi connectivity index (χ1) is 9.27. The summed E-state index contributed by atoms with van der Waals surface area (Å²) in [7, 11) is 1.38. The number of rotatable bonds is 2. The predicted molar refractivity (Wildman–Crippen MR) is 78.1 cm³/mol. The molecule has 0 aromatic heterocycles. The fraction of sp³-hybridized carbons (Fsp3) is 0.438. The molecule has 0 bridgehead atoms. The normalized spacial score (nSPS) is 18.1. The number of esters is 1. The van der Waals surface area contributed by atoms with Gasteiger partial charge in [-0.1, -0.05) is 6.08 Å². The van der Waals surface area contributed by atoms with E-state index in [4.69, 9.17) is 4.74 Å². The Morgan fingerprint density at radius 3 is 2.65 bits per heavy atom. The van der Waals surface area contributed by atoms with Crippen LogP contribution in [0.15, 0.2) is 24.3 Å². The first-order valence-corrected chi connectivity index (χ1v) is 6.64. The van der Waals surface area contributed by atoms with Crippen LogP contribution in [0.4, 0.5) is 10.1 Å². The minimum Gasteiger partial charge on any atom is -0.467 e. The van der Waals surface area contributed by atoms with Crippen molar-refractivity contribution in [3.8, 4) is 0 Å². The van der Waals surface area contributed by atoms with Crippen LogP contribution in [-0.2, 0) is 9.53 Å². The molecule has 1 unspecified atom stereocenters. The second-order valence-electron chi connectivity index (χ2n) is 5.71. The average Bonchev–Trinajstić information content (AvgIpc) is 2.37. The Hall–Kier alpha value is -1.84. The number of ether oxygens (including phenoxy) is 1. The van der Waals surface area contributed by atoms with E-state index in [0.29, 0.717) is 0 Å². The van der Waals surface area contributed by atoms with Crippen LogP contribution in [0.5, 0.6) is 0 Å². The van der Waals surface area contributed by atoms with E-state index in [-0.39, 0.29) is 17.3 Å². The molecule has 4 heteroatoms. The van der Waals surface area contributed by atoms with Gasteiger partial charge in [0.25, 0.3) is 0 Å². The van der Waals surface area contributed by atoms with Crippen molar-refractivity contribution >= 4 is 17.2 Å². The Balaban J connectivity index is 2.59. The highest BCUT2D eigenvalue weighted by molar-refractivity contribution is 5.87. The van der Waals surface area contributed by atoms with E-state index in [2.05, 4.69) is 0 Å². The summed E-state index contributed by atoms with van der Waals surface area (Å²) in [6, 6.07) is 4.21. The molecule has 108 valence electrons. The summed E-state index contributed by atoms with van der Waals surface area (Å²) < 4.78 is 18.3. The molecule has 1 aromatic rings. The van der Waals surface area contributed by atoms with Crippen LogP contribution in [0.3, 0.4) is 0 Å². The molecule has 0 spiro atoms. The van der Waals surface area contributed by atoms with Crippen molar-refractivity contribution in [2.75, 3.05) is 12.0 Å². The van der Waals surface area contributed by atoms with Crippen molar-refractivity contribution in [1.29, 1.82) is 0 Å². The maximum atomic E-state index is 13.5. The van der Waals surface area contributed by atoms with Gasteiger partial charge in [0.05, 0.1) is 12.6 Å². The molecule has 1 atom stereocenters. The fourth-order valence-corrected chi connectivity index (χ4v) is 3.01. The van der Waals surface area contributed by atoms with E-state index in [1.807, 2.05) is 31.7 Å². The predicted octanol–water partition coefficient (Wildman–Crippen LogP) is 3.39. The van der Waals surface area contributed by atoms with Crippen molar-refractivity contribution < 1.29 is 13.9 Å². The van der Waals surface area contributed by atoms with E-state index in [9.17, 15) is 9.18 Å². The second kappa shape index (κ2) is 4.93. The zero-order valence-electron chi connectivity index (χ0n) is 12.5. The van der Waals surface area contributed by atoms with E-state index >= 15 is 0 Å². The topological polar surface area (TPSA) is 29.5 Å². The van der Waals surface area contributed by atoms with Crippen LogP contribution in [0.25, 0.3) is 5.57 Å². The summed E-state index contributed by atoms with van der Waals surface area (Å²) in [6.45, 7) is 7.82. The van der Waals surface area contributed by atoms with Crippen LogP contribution in [0.2, 0.25) is 0 Å². The number of fused-ring (bicyclic) bond motifs is 1. The number of allylic oxidation sites excluding steroid dienone is 1. The highest BCUT2D eigenvalue weighted by Crippen LogP contribution is 2.40. The summed E-state index contributed by atoms with van der Waals surface area (Å²) >= 11 is 0. The molecule has 1 aliphatic rings. The number of carbonyl (C=O) groups excluding carboxylic acids is 1. The lowest BCUT2D eigenvalue weighted by Gasteiger charge is -2.45. The van der Waals surface area contributed by atoms with Gasteiger partial charge in [0.15, 0.2) is 0 Å². The maximum absolute atomic E-state index is 13.5. The molecule has 1 heterocycles. The Kier molecular flexibility index (Phi) is 3.59. The molecule has 3 nitrogen and oxygen atoms in total. The van der Waals surface area contributed by atoms with Gasteiger partial charge in [-0.05, 0) is 51.5 Å². The Morgan fingerprint density at radius 2 is 2.05 bits per heavy atom. The highest BCUT2D eigenvalue weighted by Gasteiger charge is 2.37. The summed E-state index contributed by atoms with van der Waals surface area (Å²) in [4.78, 5) is 13.9. The van der Waals surface area contributed by atoms with E-state index in [1.54, 1.807) is 13.0 Å². The molecule has 1 aromatic carbocycles. The molecule has 1 aliphatic heterocycles. The third kappa shape index (κ3) is 2.30. The van der Waals surface area contributed by atoms with E-state index in [0.717, 1.165) is 16.8 Å². The number of hydrogen-bond donors (Lipinski definition) is 0. The van der Waals surface area contributed by atoms with Crippen LogP contribution in [-0.4, -0.2) is 24.7 Å². The summed E-state index contributed by atoms with van der Waals surface area (Å²) in [5.41, 5.74) is 2.34. The zero-order valence-corrected chi connectivity index (χ0v) is 12.5. The SMILES string of the molecule is COC(=O)C(C)N1c2ccc(F)cc2C(C)=CC1(C)C. The lowest BCUT2D eigenvalue weighted by Crippen LogP contribution is -2.53. The summed E-state index contributed by atoms with van der Waals surface area (Å²) in [6.07, 6.45) is 2.05. The number of methoxy groups -OCH3 is 1. The van der Waals surface area contributed by atoms with Gasteiger partial charge in [-0.2, -0.15) is 0 Å². The van der Waals surface area contributed by atoms with Crippen molar-refractivity contribution in [3.05, 3.63) is 35.7 Å². The van der Waals surface area contributed by atoms with Gasteiger partial charge in [0.2, 0.25) is 0 Å². The second-order valence-corrected chi connectivity index (χ2v) is 5.71. The monoisotopic (exact) mass is 277 g/mol. The third-order valence-corrected chi connectivity index (χ3v) is 3.76. The molecule has 2 rings (SSSR count). The Bertz CT molecular complexity index is 578. The van der Waals surface area contributed by atoms with Crippen LogP contribution in [0.1, 0.15) is 33.3 Å². The Labute approximate surface area is 119 Å². The van der Waals surface area contributed by atoms with Crippen LogP contribution >= 0.6 is 0 Å². The standard InChI is InChI=1S/C16H20FNO2/c1-10-9-16(3,4)18(11(2)15(19)20-5)14-7-6-12(17)8-13(10)14/h6-9,11H,1-5H3. The minimum absolute atomic E-state index is 0.276. The van der Waals surface area contributed by atoms with Crippen molar-refractivity contribution in [3.63, 3.8) is 0 Å². The largest absolute Gasteiger partial charge is 0.467 e. The van der Waals surface area contributed by atoms with Gasteiger partial charge in [0.1, 0.15) is 11.9 Å². The molecular weight excluding hydrogens is 257 g/mol. The van der Waals surface area contributed by atoms with Crippen molar-refractivity contribution in [1.82, 2.24) is 0 Å². The number of anilines is 1. The number of nitrogens with zero attached hydrogens (tertiary/aromatic N) is 1. The first kappa shape index (κ1) is 14.6. The third-order valence-electron chi connectivity index (χ3n) is 3.76. The molecule has 20 heavy (non-hydrogen) atoms. The number of hydrogen-bond acceptors (Lipinski definition) is 3. The summed E-state index contributed by atoms with van der Waals surface area (Å²) in [5.74, 6) is -0.580. The molecule has 0 N–H and O–H groups in total. The number of benzene rings is 1. The highest BCUT2D eigenvalue weighted by atomic mass is 19.1. The number of carbonyl (C=O) groups is 1. The molecule has 0 amide bonds. The fourth-order valence-electron chi connectivity index (χ4n) is 3.01. The zero-order chi connectivity index (χ0) is 15.1. The lowest BCUT2D eigenvalue weighted by molar-refractivity contribution is -0.142. The quantitative estimate of drug-likeness (QED) is 0.776. The van der Waals surface area contributed by atoms with Gasteiger partial charge in [-0.15, -0.1) is 0 Å². The van der Waals surface area contributed by atoms with Gasteiger partial charge >= 0.3 is 5.97 Å². The lowest BCUT2D eigenvalue weighted by atomic mass is 9.87. The smallest absolute Gasteiger partial charge is 0.328 e. The molecule has 0 saturated heterocycles. The number of halogens is 1. The van der Waals surface area contributed by atoms with Gasteiger partial charge in [0, 0.05) is 11.3 Å². The molecule has 0 aliphatic carbocycles. The van der Waals surface area contributed by atoms with E-state index < -0.39 is 6.04 Å². The van der Waals surface area contributed by atoms with Crippen LogP contribution < -0.4 is 4.90 Å². The molecule has 0 saturated carbocycles. The molecular formula is C16H20FNO2. The van der Waals surface area contributed by atoms with Crippen molar-refractivity contribution in [2.24, 2.45) is 0 Å². The van der Waals surface area contributed by atoms with Gasteiger partial charge in [-0.25, -0.2) is 9.18 Å². The molecule has 0 radical (unpaired) electrons. The minimum atomic E-state index is -0.441. The molecule has 0 fully saturated rings. The van der Waals surface area contributed by atoms with Gasteiger partial charge < -0.3 is 9.64 Å².